The second-order valence-corrected chi connectivity index (χ2v) is 5.07. The van der Waals surface area contributed by atoms with E-state index in [0.717, 1.165) is 18.7 Å². The van der Waals surface area contributed by atoms with Crippen molar-refractivity contribution in [3.63, 3.8) is 0 Å². The zero-order valence-electron chi connectivity index (χ0n) is 11.7. The van der Waals surface area contributed by atoms with Gasteiger partial charge in [-0.15, -0.1) is 0 Å². The summed E-state index contributed by atoms with van der Waals surface area (Å²) in [5.74, 6) is 0.958. The third kappa shape index (κ3) is 4.39. The van der Waals surface area contributed by atoms with Crippen molar-refractivity contribution in [1.29, 1.82) is 0 Å². The number of hydrogen-bond acceptors (Lipinski definition) is 2. The minimum Gasteiger partial charge on any atom is -0.488 e. The fourth-order valence-electron chi connectivity index (χ4n) is 1.66. The van der Waals surface area contributed by atoms with Crippen LogP contribution in [0.25, 0.3) is 0 Å². The van der Waals surface area contributed by atoms with Crippen LogP contribution in [-0.2, 0) is 0 Å². The second kappa shape index (κ2) is 6.06. The summed E-state index contributed by atoms with van der Waals surface area (Å²) >= 11 is 0. The topological polar surface area (TPSA) is 21.3 Å². The maximum Gasteiger partial charge on any atom is 0.120 e. The molecule has 96 valence electrons. The Kier molecular flexibility index (Phi) is 5.01. The van der Waals surface area contributed by atoms with Crippen molar-refractivity contribution in [2.45, 2.75) is 52.7 Å². The lowest BCUT2D eigenvalue weighted by Crippen LogP contribution is -2.27. The van der Waals surface area contributed by atoms with Gasteiger partial charge in [-0.25, -0.2) is 0 Å². The monoisotopic (exact) mass is 235 g/mol. The van der Waals surface area contributed by atoms with E-state index in [0.29, 0.717) is 6.04 Å². The summed E-state index contributed by atoms with van der Waals surface area (Å²) in [6.07, 6.45) is 1.000. The molecule has 1 N–H and O–H groups in total. The Balaban J connectivity index is 2.79. The number of ether oxygens (including phenoxy) is 1. The van der Waals surface area contributed by atoms with Crippen molar-refractivity contribution in [2.24, 2.45) is 0 Å². The van der Waals surface area contributed by atoms with Crippen LogP contribution in [0.4, 0.5) is 0 Å². The molecular weight excluding hydrogens is 210 g/mol. The highest BCUT2D eigenvalue weighted by molar-refractivity contribution is 5.30. The van der Waals surface area contributed by atoms with Crippen molar-refractivity contribution >= 4 is 0 Å². The highest BCUT2D eigenvalue weighted by Gasteiger charge is 2.17. The Morgan fingerprint density at radius 3 is 2.59 bits per heavy atom. The first-order valence-electron chi connectivity index (χ1n) is 6.51. The van der Waals surface area contributed by atoms with E-state index in [1.165, 1.54) is 5.56 Å². The molecule has 0 radical (unpaired) electrons. The molecule has 1 atom stereocenters. The largest absolute Gasteiger partial charge is 0.488 e. The van der Waals surface area contributed by atoms with Crippen molar-refractivity contribution < 1.29 is 4.74 Å². The van der Waals surface area contributed by atoms with Gasteiger partial charge in [-0.3, -0.25) is 0 Å². The lowest BCUT2D eigenvalue weighted by molar-refractivity contribution is 0.105. The molecule has 1 aromatic rings. The van der Waals surface area contributed by atoms with E-state index in [2.05, 4.69) is 58.1 Å². The molecule has 0 spiro atoms. The van der Waals surface area contributed by atoms with Crippen LogP contribution in [0.15, 0.2) is 24.3 Å². The SMILES string of the molecule is CCNC(C)c1cccc(OC(C)(C)CC)c1. The molecule has 0 bridgehead atoms. The zero-order chi connectivity index (χ0) is 12.9. The van der Waals surface area contributed by atoms with Crippen LogP contribution in [-0.4, -0.2) is 12.1 Å². The normalized spacial score (nSPS) is 13.5. The van der Waals surface area contributed by atoms with Crippen LogP contribution >= 0.6 is 0 Å². The third-order valence-electron chi connectivity index (χ3n) is 3.11. The second-order valence-electron chi connectivity index (χ2n) is 5.07. The molecule has 0 aliphatic rings. The van der Waals surface area contributed by atoms with Crippen molar-refractivity contribution in [3.8, 4) is 5.75 Å². The molecule has 0 fully saturated rings. The first-order valence-corrected chi connectivity index (χ1v) is 6.51. The lowest BCUT2D eigenvalue weighted by atomic mass is 10.1. The summed E-state index contributed by atoms with van der Waals surface area (Å²) in [4.78, 5) is 0. The smallest absolute Gasteiger partial charge is 0.120 e. The molecule has 1 unspecified atom stereocenters. The Morgan fingerprint density at radius 1 is 1.29 bits per heavy atom. The molecule has 2 heteroatoms. The number of hydrogen-bond donors (Lipinski definition) is 1. The van der Waals surface area contributed by atoms with Crippen LogP contribution in [0.5, 0.6) is 5.75 Å². The van der Waals surface area contributed by atoms with Gasteiger partial charge in [0.15, 0.2) is 0 Å². The minimum absolute atomic E-state index is 0.0972. The van der Waals surface area contributed by atoms with Crippen LogP contribution in [0.3, 0.4) is 0 Å². The number of rotatable bonds is 6. The molecule has 0 aliphatic heterocycles. The molecule has 0 heterocycles. The van der Waals surface area contributed by atoms with Crippen LogP contribution in [0, 0.1) is 0 Å². The van der Waals surface area contributed by atoms with Gasteiger partial charge in [-0.1, -0.05) is 26.0 Å². The van der Waals surface area contributed by atoms with Gasteiger partial charge in [0, 0.05) is 6.04 Å². The van der Waals surface area contributed by atoms with Crippen molar-refractivity contribution in [1.82, 2.24) is 5.32 Å². The summed E-state index contributed by atoms with van der Waals surface area (Å²) in [5, 5.41) is 3.41. The highest BCUT2D eigenvalue weighted by atomic mass is 16.5. The molecule has 0 aliphatic carbocycles. The van der Waals surface area contributed by atoms with E-state index >= 15 is 0 Å². The quantitative estimate of drug-likeness (QED) is 0.806. The molecule has 2 nitrogen and oxygen atoms in total. The summed E-state index contributed by atoms with van der Waals surface area (Å²) < 4.78 is 5.99. The Bertz CT molecular complexity index is 347. The standard InChI is InChI=1S/C15H25NO/c1-6-15(4,5)17-14-10-8-9-13(11-14)12(3)16-7-2/h8-12,16H,6-7H2,1-5H3. The molecule has 0 saturated carbocycles. The maximum absolute atomic E-state index is 5.99. The van der Waals surface area contributed by atoms with Crippen LogP contribution < -0.4 is 10.1 Å². The number of nitrogens with one attached hydrogen (secondary N) is 1. The third-order valence-corrected chi connectivity index (χ3v) is 3.11. The van der Waals surface area contributed by atoms with E-state index in [4.69, 9.17) is 4.74 Å². The van der Waals surface area contributed by atoms with E-state index in [1.807, 2.05) is 6.07 Å². The van der Waals surface area contributed by atoms with Gasteiger partial charge in [0.25, 0.3) is 0 Å². The first kappa shape index (κ1) is 14.0. The molecule has 0 aromatic heterocycles. The summed E-state index contributed by atoms with van der Waals surface area (Å²) in [6, 6.07) is 8.72. The Labute approximate surface area is 105 Å². The van der Waals surface area contributed by atoms with Gasteiger partial charge >= 0.3 is 0 Å². The van der Waals surface area contributed by atoms with Gasteiger partial charge in [-0.05, 0) is 51.4 Å². The predicted octanol–water partition coefficient (Wildman–Crippen LogP) is 3.92. The average Bonchev–Trinajstić information content (AvgIpc) is 2.29. The first-order chi connectivity index (χ1) is 7.98. The van der Waals surface area contributed by atoms with Crippen molar-refractivity contribution in [3.05, 3.63) is 29.8 Å². The van der Waals surface area contributed by atoms with Crippen LogP contribution in [0.1, 0.15) is 52.6 Å². The van der Waals surface area contributed by atoms with Crippen molar-refractivity contribution in [2.75, 3.05) is 6.54 Å². The fraction of sp³-hybridized carbons (Fsp3) is 0.600. The van der Waals surface area contributed by atoms with E-state index in [9.17, 15) is 0 Å². The molecule has 0 saturated heterocycles. The molecule has 1 aromatic carbocycles. The fourth-order valence-corrected chi connectivity index (χ4v) is 1.66. The molecular formula is C15H25NO. The summed E-state index contributed by atoms with van der Waals surface area (Å²) in [7, 11) is 0. The Hall–Kier alpha value is -1.02. The molecule has 1 rings (SSSR count). The number of benzene rings is 1. The summed E-state index contributed by atoms with van der Waals surface area (Å²) in [5.41, 5.74) is 1.18. The lowest BCUT2D eigenvalue weighted by Gasteiger charge is -2.25. The van der Waals surface area contributed by atoms with E-state index in [1.54, 1.807) is 0 Å². The average molecular weight is 235 g/mol. The predicted molar refractivity (Wildman–Crippen MR) is 73.5 cm³/mol. The van der Waals surface area contributed by atoms with Gasteiger partial charge < -0.3 is 10.1 Å². The van der Waals surface area contributed by atoms with E-state index in [-0.39, 0.29) is 5.60 Å². The Morgan fingerprint density at radius 2 is 2.00 bits per heavy atom. The minimum atomic E-state index is -0.0972. The maximum atomic E-state index is 5.99. The molecule has 0 amide bonds. The van der Waals surface area contributed by atoms with Gasteiger partial charge in [0.1, 0.15) is 11.4 Å². The zero-order valence-corrected chi connectivity index (χ0v) is 11.7. The van der Waals surface area contributed by atoms with Gasteiger partial charge in [0.2, 0.25) is 0 Å². The molecule has 17 heavy (non-hydrogen) atoms. The summed E-state index contributed by atoms with van der Waals surface area (Å²) in [6.45, 7) is 11.7. The van der Waals surface area contributed by atoms with Gasteiger partial charge in [0.05, 0.1) is 0 Å². The van der Waals surface area contributed by atoms with Crippen LogP contribution in [0.2, 0.25) is 0 Å². The van der Waals surface area contributed by atoms with Gasteiger partial charge in [-0.2, -0.15) is 0 Å². The highest BCUT2D eigenvalue weighted by Crippen LogP contribution is 2.24. The van der Waals surface area contributed by atoms with E-state index < -0.39 is 0 Å².